The van der Waals surface area contributed by atoms with Gasteiger partial charge in [0.25, 0.3) is 5.91 Å². The van der Waals surface area contributed by atoms with E-state index >= 15 is 0 Å². The van der Waals surface area contributed by atoms with Crippen LogP contribution in [-0.2, 0) is 0 Å². The molecule has 104 valence electrons. The minimum atomic E-state index is -0.234. The number of aryl methyl sites for hydroxylation is 2. The van der Waals surface area contributed by atoms with Gasteiger partial charge < -0.3 is 10.6 Å². The highest BCUT2D eigenvalue weighted by molar-refractivity contribution is 6.03. The maximum atomic E-state index is 12.1. The van der Waals surface area contributed by atoms with E-state index in [1.165, 1.54) is 0 Å². The molecule has 2 aromatic heterocycles. The number of rotatable bonds is 4. The Morgan fingerprint density at radius 3 is 2.60 bits per heavy atom. The number of aromatic nitrogens is 2. The molecule has 2 aromatic rings. The summed E-state index contributed by atoms with van der Waals surface area (Å²) in [6.45, 7) is 6.61. The normalized spacial score (nSPS) is 10.2. The third kappa shape index (κ3) is 3.32. The number of pyridine rings is 2. The van der Waals surface area contributed by atoms with Gasteiger partial charge in [-0.25, -0.2) is 4.98 Å². The van der Waals surface area contributed by atoms with E-state index in [2.05, 4.69) is 20.6 Å². The molecule has 20 heavy (non-hydrogen) atoms. The van der Waals surface area contributed by atoms with Gasteiger partial charge in [-0.05, 0) is 45.0 Å². The van der Waals surface area contributed by atoms with Crippen molar-refractivity contribution in [3.8, 4) is 0 Å². The predicted octanol–water partition coefficient (Wildman–Crippen LogP) is 2.78. The lowest BCUT2D eigenvalue weighted by molar-refractivity contribution is 0.102. The van der Waals surface area contributed by atoms with Crippen LogP contribution in [0.1, 0.15) is 28.8 Å². The second-order valence-electron chi connectivity index (χ2n) is 4.50. The van der Waals surface area contributed by atoms with Gasteiger partial charge in [-0.2, -0.15) is 0 Å². The Balaban J connectivity index is 2.11. The Morgan fingerprint density at radius 2 is 2.00 bits per heavy atom. The number of carbonyl (C=O) groups is 1. The largest absolute Gasteiger partial charge is 0.384 e. The molecule has 0 aliphatic heterocycles. The highest BCUT2D eigenvalue weighted by Crippen LogP contribution is 2.14. The molecule has 0 aliphatic rings. The Hall–Kier alpha value is -2.43. The fourth-order valence-corrected chi connectivity index (χ4v) is 1.84. The zero-order valence-corrected chi connectivity index (χ0v) is 11.9. The molecule has 5 nitrogen and oxygen atoms in total. The Kier molecular flexibility index (Phi) is 4.30. The van der Waals surface area contributed by atoms with Crippen LogP contribution in [0.2, 0.25) is 0 Å². The van der Waals surface area contributed by atoms with Crippen molar-refractivity contribution < 1.29 is 4.79 Å². The first-order chi connectivity index (χ1) is 9.60. The summed E-state index contributed by atoms with van der Waals surface area (Å²) >= 11 is 0. The number of hydrogen-bond acceptors (Lipinski definition) is 4. The van der Waals surface area contributed by atoms with Gasteiger partial charge in [-0.1, -0.05) is 0 Å². The monoisotopic (exact) mass is 270 g/mol. The lowest BCUT2D eigenvalue weighted by Gasteiger charge is -2.08. The van der Waals surface area contributed by atoms with Crippen LogP contribution >= 0.6 is 0 Å². The number of anilines is 2. The maximum absolute atomic E-state index is 12.1. The summed E-state index contributed by atoms with van der Waals surface area (Å²) in [7, 11) is 0. The van der Waals surface area contributed by atoms with Crippen molar-refractivity contribution in [1.82, 2.24) is 9.97 Å². The molecule has 0 radical (unpaired) electrons. The molecule has 2 heterocycles. The van der Waals surface area contributed by atoms with E-state index in [0.29, 0.717) is 11.4 Å². The zero-order chi connectivity index (χ0) is 14.5. The highest BCUT2D eigenvalue weighted by Gasteiger charge is 2.09. The minimum Gasteiger partial charge on any atom is -0.384 e. The molecule has 0 unspecified atom stereocenters. The third-order valence-corrected chi connectivity index (χ3v) is 2.85. The number of carbonyl (C=O) groups excluding carboxylic acids is 1. The highest BCUT2D eigenvalue weighted by atomic mass is 16.1. The van der Waals surface area contributed by atoms with Crippen LogP contribution in [-0.4, -0.2) is 22.4 Å². The molecule has 0 spiro atoms. The number of nitrogens with one attached hydrogen (secondary N) is 2. The van der Waals surface area contributed by atoms with Crippen LogP contribution in [0.5, 0.6) is 0 Å². The van der Waals surface area contributed by atoms with Gasteiger partial charge in [0.2, 0.25) is 0 Å². The molecule has 0 atom stereocenters. The summed E-state index contributed by atoms with van der Waals surface area (Å²) in [4.78, 5) is 20.6. The first kappa shape index (κ1) is 14.0. The topological polar surface area (TPSA) is 66.9 Å². The molecule has 0 aromatic carbocycles. The van der Waals surface area contributed by atoms with Gasteiger partial charge in [-0.3, -0.25) is 9.78 Å². The standard InChI is InChI=1S/C15H18N4O/c1-4-16-12-6-8-14(17-9-12)15(20)19-13-7-5-10(2)18-11(13)3/h5-9,16H,4H2,1-3H3,(H,19,20). The van der Waals surface area contributed by atoms with E-state index in [4.69, 9.17) is 0 Å². The van der Waals surface area contributed by atoms with Gasteiger partial charge in [0, 0.05) is 12.2 Å². The van der Waals surface area contributed by atoms with Crippen LogP contribution in [0, 0.1) is 13.8 Å². The van der Waals surface area contributed by atoms with Gasteiger partial charge in [0.15, 0.2) is 0 Å². The third-order valence-electron chi connectivity index (χ3n) is 2.85. The fraction of sp³-hybridized carbons (Fsp3) is 0.267. The van der Waals surface area contributed by atoms with E-state index < -0.39 is 0 Å². The quantitative estimate of drug-likeness (QED) is 0.896. The van der Waals surface area contributed by atoms with Crippen molar-refractivity contribution in [3.05, 3.63) is 47.5 Å². The van der Waals surface area contributed by atoms with Crippen molar-refractivity contribution in [2.24, 2.45) is 0 Å². The zero-order valence-electron chi connectivity index (χ0n) is 11.9. The van der Waals surface area contributed by atoms with E-state index in [-0.39, 0.29) is 5.91 Å². The van der Waals surface area contributed by atoms with Crippen LogP contribution in [0.15, 0.2) is 30.5 Å². The van der Waals surface area contributed by atoms with Gasteiger partial charge in [0.1, 0.15) is 5.69 Å². The van der Waals surface area contributed by atoms with Crippen LogP contribution < -0.4 is 10.6 Å². The first-order valence-electron chi connectivity index (χ1n) is 6.55. The Morgan fingerprint density at radius 1 is 1.20 bits per heavy atom. The van der Waals surface area contributed by atoms with Crippen molar-refractivity contribution in [3.63, 3.8) is 0 Å². The number of nitrogens with zero attached hydrogens (tertiary/aromatic N) is 2. The first-order valence-corrected chi connectivity index (χ1v) is 6.55. The second kappa shape index (κ2) is 6.14. The Labute approximate surface area is 118 Å². The second-order valence-corrected chi connectivity index (χ2v) is 4.50. The van der Waals surface area contributed by atoms with Crippen molar-refractivity contribution >= 4 is 17.3 Å². The van der Waals surface area contributed by atoms with Crippen molar-refractivity contribution in [2.75, 3.05) is 17.2 Å². The molecular formula is C15H18N4O. The fourth-order valence-electron chi connectivity index (χ4n) is 1.84. The number of amides is 1. The lowest BCUT2D eigenvalue weighted by Crippen LogP contribution is -2.15. The molecular weight excluding hydrogens is 252 g/mol. The summed E-state index contributed by atoms with van der Waals surface area (Å²) < 4.78 is 0. The summed E-state index contributed by atoms with van der Waals surface area (Å²) in [5.41, 5.74) is 3.71. The molecule has 2 N–H and O–H groups in total. The molecule has 0 bridgehead atoms. The number of hydrogen-bond donors (Lipinski definition) is 2. The SMILES string of the molecule is CCNc1ccc(C(=O)Nc2ccc(C)nc2C)nc1. The average molecular weight is 270 g/mol. The molecule has 1 amide bonds. The summed E-state index contributed by atoms with van der Waals surface area (Å²) in [6, 6.07) is 7.25. The van der Waals surface area contributed by atoms with Crippen LogP contribution in [0.3, 0.4) is 0 Å². The van der Waals surface area contributed by atoms with Gasteiger partial charge in [-0.15, -0.1) is 0 Å². The summed E-state index contributed by atoms with van der Waals surface area (Å²) in [5, 5.41) is 5.96. The molecule has 0 fully saturated rings. The molecule has 2 rings (SSSR count). The molecule has 0 saturated heterocycles. The smallest absolute Gasteiger partial charge is 0.274 e. The van der Waals surface area contributed by atoms with Gasteiger partial charge in [0.05, 0.1) is 23.3 Å². The van der Waals surface area contributed by atoms with Crippen LogP contribution in [0.25, 0.3) is 0 Å². The van der Waals surface area contributed by atoms with Gasteiger partial charge >= 0.3 is 0 Å². The minimum absolute atomic E-state index is 0.234. The maximum Gasteiger partial charge on any atom is 0.274 e. The Bertz CT molecular complexity index is 608. The molecule has 0 saturated carbocycles. The van der Waals surface area contributed by atoms with Crippen LogP contribution in [0.4, 0.5) is 11.4 Å². The van der Waals surface area contributed by atoms with E-state index in [1.807, 2.05) is 39.0 Å². The predicted molar refractivity (Wildman–Crippen MR) is 80.1 cm³/mol. The van der Waals surface area contributed by atoms with E-state index in [9.17, 15) is 4.79 Å². The summed E-state index contributed by atoms with van der Waals surface area (Å²) in [6.07, 6.45) is 1.65. The lowest BCUT2D eigenvalue weighted by atomic mass is 10.2. The van der Waals surface area contributed by atoms with Crippen molar-refractivity contribution in [2.45, 2.75) is 20.8 Å². The molecule has 5 heteroatoms. The van der Waals surface area contributed by atoms with E-state index in [1.54, 1.807) is 12.3 Å². The molecule has 0 aliphatic carbocycles. The summed E-state index contributed by atoms with van der Waals surface area (Å²) in [5.74, 6) is -0.234. The average Bonchev–Trinajstić information content (AvgIpc) is 2.43. The van der Waals surface area contributed by atoms with Crippen molar-refractivity contribution in [1.29, 1.82) is 0 Å². The van der Waals surface area contributed by atoms with E-state index in [0.717, 1.165) is 23.6 Å².